The summed E-state index contributed by atoms with van der Waals surface area (Å²) in [6.45, 7) is 5.03. The van der Waals surface area contributed by atoms with Crippen LogP contribution in [0, 0.1) is 5.92 Å². The topological polar surface area (TPSA) is 52.7 Å². The standard InChI is InChI=1S/C20H29N3O2/c1-16(18-10-11-18)23(15-17-7-3-2-4-8-17)20(25)21-12-6-14-22-13-5-9-19(22)24/h2-4,7-8,16,18H,5-6,9-15H2,1H3,(H,21,25). The van der Waals surface area contributed by atoms with Gasteiger partial charge in [-0.2, -0.15) is 0 Å². The highest BCUT2D eigenvalue weighted by Crippen LogP contribution is 2.35. The van der Waals surface area contributed by atoms with Gasteiger partial charge in [0.05, 0.1) is 0 Å². The number of hydrogen-bond acceptors (Lipinski definition) is 2. The molecule has 0 spiro atoms. The number of carbonyl (C=O) groups is 2. The summed E-state index contributed by atoms with van der Waals surface area (Å²) >= 11 is 0. The highest BCUT2D eigenvalue weighted by molar-refractivity contribution is 5.78. The van der Waals surface area contributed by atoms with Crippen molar-refractivity contribution in [3.05, 3.63) is 35.9 Å². The minimum atomic E-state index is 0.0102. The fraction of sp³-hybridized carbons (Fsp3) is 0.600. The number of hydrogen-bond donors (Lipinski definition) is 1. The van der Waals surface area contributed by atoms with Crippen molar-refractivity contribution in [1.82, 2.24) is 15.1 Å². The van der Waals surface area contributed by atoms with E-state index in [0.717, 1.165) is 31.5 Å². The van der Waals surface area contributed by atoms with Gasteiger partial charge in [0.25, 0.3) is 0 Å². The first-order valence-electron chi connectivity index (χ1n) is 9.51. The maximum Gasteiger partial charge on any atom is 0.317 e. The van der Waals surface area contributed by atoms with Crippen LogP contribution in [-0.2, 0) is 11.3 Å². The summed E-state index contributed by atoms with van der Waals surface area (Å²) in [5, 5.41) is 3.05. The Morgan fingerprint density at radius 2 is 2.08 bits per heavy atom. The Balaban J connectivity index is 1.49. The van der Waals surface area contributed by atoms with Crippen LogP contribution >= 0.6 is 0 Å². The highest BCUT2D eigenvalue weighted by Gasteiger charge is 2.34. The maximum atomic E-state index is 12.7. The van der Waals surface area contributed by atoms with Gasteiger partial charge in [0.15, 0.2) is 0 Å². The smallest absolute Gasteiger partial charge is 0.317 e. The van der Waals surface area contributed by atoms with E-state index in [0.29, 0.717) is 25.4 Å². The molecule has 1 atom stereocenters. The van der Waals surface area contributed by atoms with E-state index in [1.165, 1.54) is 12.8 Å². The van der Waals surface area contributed by atoms with Gasteiger partial charge in [0.1, 0.15) is 0 Å². The number of likely N-dealkylation sites (tertiary alicyclic amines) is 1. The molecule has 1 aliphatic carbocycles. The summed E-state index contributed by atoms with van der Waals surface area (Å²) in [6.07, 6.45) is 4.90. The van der Waals surface area contributed by atoms with Crippen molar-refractivity contribution in [2.24, 2.45) is 5.92 Å². The van der Waals surface area contributed by atoms with Gasteiger partial charge in [-0.25, -0.2) is 4.79 Å². The van der Waals surface area contributed by atoms with Crippen molar-refractivity contribution in [3.8, 4) is 0 Å². The predicted octanol–water partition coefficient (Wildman–Crippen LogP) is 3.01. The zero-order valence-corrected chi connectivity index (χ0v) is 15.1. The molecule has 0 aromatic heterocycles. The molecule has 5 heteroatoms. The molecule has 3 rings (SSSR count). The van der Waals surface area contributed by atoms with Crippen LogP contribution in [0.2, 0.25) is 0 Å². The zero-order valence-electron chi connectivity index (χ0n) is 15.1. The lowest BCUT2D eigenvalue weighted by molar-refractivity contribution is -0.127. The van der Waals surface area contributed by atoms with Crippen molar-refractivity contribution >= 4 is 11.9 Å². The molecule has 136 valence electrons. The summed E-state index contributed by atoms with van der Waals surface area (Å²) in [7, 11) is 0. The van der Waals surface area contributed by atoms with E-state index in [9.17, 15) is 9.59 Å². The predicted molar refractivity (Wildman–Crippen MR) is 98.0 cm³/mol. The molecule has 0 bridgehead atoms. The van der Waals surface area contributed by atoms with Gasteiger partial charge in [0, 0.05) is 38.6 Å². The third-order valence-corrected chi connectivity index (χ3v) is 5.30. The first-order valence-corrected chi connectivity index (χ1v) is 9.51. The monoisotopic (exact) mass is 343 g/mol. The maximum absolute atomic E-state index is 12.7. The lowest BCUT2D eigenvalue weighted by atomic mass is 10.1. The second-order valence-corrected chi connectivity index (χ2v) is 7.26. The molecule has 1 heterocycles. The number of carbonyl (C=O) groups excluding carboxylic acids is 2. The molecule has 1 aromatic carbocycles. The van der Waals surface area contributed by atoms with Crippen molar-refractivity contribution in [1.29, 1.82) is 0 Å². The van der Waals surface area contributed by atoms with E-state index in [2.05, 4.69) is 24.4 Å². The van der Waals surface area contributed by atoms with Gasteiger partial charge in [-0.05, 0) is 44.1 Å². The molecule has 1 unspecified atom stereocenters. The zero-order chi connectivity index (χ0) is 17.6. The van der Waals surface area contributed by atoms with Gasteiger partial charge in [-0.15, -0.1) is 0 Å². The molecule has 1 N–H and O–H groups in total. The number of benzene rings is 1. The van der Waals surface area contributed by atoms with E-state index in [1.54, 1.807) is 0 Å². The Labute approximate surface area is 150 Å². The van der Waals surface area contributed by atoms with E-state index in [-0.39, 0.29) is 18.0 Å². The lowest BCUT2D eigenvalue weighted by Gasteiger charge is -2.30. The summed E-state index contributed by atoms with van der Waals surface area (Å²) < 4.78 is 0. The molecule has 5 nitrogen and oxygen atoms in total. The summed E-state index contributed by atoms with van der Waals surface area (Å²) in [5.41, 5.74) is 1.16. The Kier molecular flexibility index (Phi) is 5.95. The molecule has 25 heavy (non-hydrogen) atoms. The van der Waals surface area contributed by atoms with Crippen molar-refractivity contribution in [2.75, 3.05) is 19.6 Å². The Morgan fingerprint density at radius 3 is 2.72 bits per heavy atom. The summed E-state index contributed by atoms with van der Waals surface area (Å²) in [5.74, 6) is 0.885. The molecular formula is C20H29N3O2. The Morgan fingerprint density at radius 1 is 1.32 bits per heavy atom. The number of nitrogens with one attached hydrogen (secondary N) is 1. The molecule has 1 saturated carbocycles. The second kappa shape index (κ2) is 8.37. The molecule has 1 saturated heterocycles. The number of urea groups is 1. The number of rotatable bonds is 8. The van der Waals surface area contributed by atoms with Crippen LogP contribution < -0.4 is 5.32 Å². The van der Waals surface area contributed by atoms with Crippen LogP contribution in [-0.4, -0.2) is 47.4 Å². The molecular weight excluding hydrogens is 314 g/mol. The molecule has 3 amide bonds. The molecule has 1 aliphatic heterocycles. The first kappa shape index (κ1) is 17.8. The fourth-order valence-corrected chi connectivity index (χ4v) is 3.52. The van der Waals surface area contributed by atoms with Gasteiger partial charge in [-0.1, -0.05) is 30.3 Å². The number of amides is 3. The Hall–Kier alpha value is -2.04. The minimum absolute atomic E-state index is 0.0102. The Bertz CT molecular complexity index is 586. The third kappa shape index (κ3) is 4.97. The lowest BCUT2D eigenvalue weighted by Crippen LogP contribution is -2.46. The average molecular weight is 343 g/mol. The first-order chi connectivity index (χ1) is 12.1. The second-order valence-electron chi connectivity index (χ2n) is 7.26. The molecule has 1 aromatic rings. The van der Waals surface area contributed by atoms with Crippen molar-refractivity contribution in [3.63, 3.8) is 0 Å². The van der Waals surface area contributed by atoms with Gasteiger partial charge >= 0.3 is 6.03 Å². The quantitative estimate of drug-likeness (QED) is 0.738. The van der Waals surface area contributed by atoms with E-state index in [1.807, 2.05) is 28.0 Å². The molecule has 2 aliphatic rings. The van der Waals surface area contributed by atoms with E-state index < -0.39 is 0 Å². The average Bonchev–Trinajstić information content (AvgIpc) is 3.40. The largest absolute Gasteiger partial charge is 0.343 e. The van der Waals surface area contributed by atoms with E-state index >= 15 is 0 Å². The van der Waals surface area contributed by atoms with Crippen molar-refractivity contribution < 1.29 is 9.59 Å². The third-order valence-electron chi connectivity index (χ3n) is 5.30. The number of nitrogens with zero attached hydrogens (tertiary/aromatic N) is 2. The van der Waals surface area contributed by atoms with Gasteiger partial charge < -0.3 is 15.1 Å². The molecule has 2 fully saturated rings. The van der Waals surface area contributed by atoms with Crippen LogP contribution in [0.3, 0.4) is 0 Å². The van der Waals surface area contributed by atoms with Crippen LogP contribution in [0.4, 0.5) is 4.79 Å². The van der Waals surface area contributed by atoms with Crippen LogP contribution in [0.5, 0.6) is 0 Å². The SMILES string of the molecule is CC(C1CC1)N(Cc1ccccc1)C(=O)NCCCN1CCCC1=O. The van der Waals surface area contributed by atoms with Crippen LogP contribution in [0.1, 0.15) is 44.6 Å². The normalized spacial score (nSPS) is 18.3. The van der Waals surface area contributed by atoms with Crippen LogP contribution in [0.15, 0.2) is 30.3 Å². The van der Waals surface area contributed by atoms with Gasteiger partial charge in [-0.3, -0.25) is 4.79 Å². The van der Waals surface area contributed by atoms with Gasteiger partial charge in [0.2, 0.25) is 5.91 Å². The molecule has 0 radical (unpaired) electrons. The van der Waals surface area contributed by atoms with E-state index in [4.69, 9.17) is 0 Å². The fourth-order valence-electron chi connectivity index (χ4n) is 3.52. The highest BCUT2D eigenvalue weighted by atomic mass is 16.2. The minimum Gasteiger partial charge on any atom is -0.343 e. The van der Waals surface area contributed by atoms with Crippen molar-refractivity contribution in [2.45, 2.75) is 51.6 Å². The van der Waals surface area contributed by atoms with Crippen LogP contribution in [0.25, 0.3) is 0 Å². The summed E-state index contributed by atoms with van der Waals surface area (Å²) in [4.78, 5) is 28.2. The summed E-state index contributed by atoms with van der Waals surface area (Å²) in [6, 6.07) is 10.4.